The third kappa shape index (κ3) is 4.06. The number of nitrogens with zero attached hydrogens (tertiary/aromatic N) is 3. The van der Waals surface area contributed by atoms with Crippen LogP contribution in [0, 0.1) is 0 Å². The van der Waals surface area contributed by atoms with Crippen LogP contribution in [0.4, 0.5) is 0 Å². The third-order valence-corrected chi connectivity index (χ3v) is 5.96. The molecule has 0 bridgehead atoms. The van der Waals surface area contributed by atoms with E-state index in [9.17, 15) is 13.2 Å². The lowest BCUT2D eigenvalue weighted by atomic mass is 10.2. The molecule has 0 radical (unpaired) electrons. The van der Waals surface area contributed by atoms with Gasteiger partial charge in [0.15, 0.2) is 5.76 Å². The quantitative estimate of drug-likeness (QED) is 0.791. The van der Waals surface area contributed by atoms with Crippen molar-refractivity contribution in [3.8, 4) is 0 Å². The number of piperazine rings is 1. The SMILES string of the molecule is NC(=O)c1ccc(S(=O)(=O)N2CCN(CCc3cccnc3)CC2)o1. The Kier molecular flexibility index (Phi) is 5.16. The van der Waals surface area contributed by atoms with Crippen LogP contribution in [0.5, 0.6) is 0 Å². The van der Waals surface area contributed by atoms with E-state index in [2.05, 4.69) is 9.88 Å². The van der Waals surface area contributed by atoms with Crippen molar-refractivity contribution in [3.63, 3.8) is 0 Å². The second kappa shape index (κ2) is 7.34. The van der Waals surface area contributed by atoms with E-state index in [0.29, 0.717) is 26.2 Å². The summed E-state index contributed by atoms with van der Waals surface area (Å²) in [6.45, 7) is 2.89. The molecule has 0 aliphatic carbocycles. The molecule has 0 spiro atoms. The highest BCUT2D eigenvalue weighted by Gasteiger charge is 2.31. The number of nitrogens with two attached hydrogens (primary N) is 1. The third-order valence-electron chi connectivity index (χ3n) is 4.19. The lowest BCUT2D eigenvalue weighted by Gasteiger charge is -2.33. The highest BCUT2D eigenvalue weighted by atomic mass is 32.2. The van der Waals surface area contributed by atoms with E-state index in [-0.39, 0.29) is 10.9 Å². The molecule has 2 aromatic rings. The minimum absolute atomic E-state index is 0.159. The number of carbonyl (C=O) groups excluding carboxylic acids is 1. The van der Waals surface area contributed by atoms with Crippen molar-refractivity contribution < 1.29 is 17.6 Å². The summed E-state index contributed by atoms with van der Waals surface area (Å²) in [5.41, 5.74) is 6.26. The first kappa shape index (κ1) is 17.6. The maximum Gasteiger partial charge on any atom is 0.284 e. The van der Waals surface area contributed by atoms with E-state index in [1.165, 1.54) is 16.4 Å². The normalized spacial score (nSPS) is 16.8. The molecule has 134 valence electrons. The maximum atomic E-state index is 12.6. The van der Waals surface area contributed by atoms with Gasteiger partial charge in [0.2, 0.25) is 5.09 Å². The van der Waals surface area contributed by atoms with Crippen LogP contribution < -0.4 is 5.73 Å². The number of hydrogen-bond donors (Lipinski definition) is 1. The zero-order chi connectivity index (χ0) is 17.9. The maximum absolute atomic E-state index is 12.6. The summed E-state index contributed by atoms with van der Waals surface area (Å²) in [5.74, 6) is -0.949. The fourth-order valence-electron chi connectivity index (χ4n) is 2.75. The van der Waals surface area contributed by atoms with Crippen molar-refractivity contribution in [1.82, 2.24) is 14.2 Å². The molecule has 1 saturated heterocycles. The van der Waals surface area contributed by atoms with Crippen LogP contribution in [-0.2, 0) is 16.4 Å². The van der Waals surface area contributed by atoms with Crippen molar-refractivity contribution in [3.05, 3.63) is 48.0 Å². The number of aromatic nitrogens is 1. The van der Waals surface area contributed by atoms with Crippen molar-refractivity contribution in [2.75, 3.05) is 32.7 Å². The Morgan fingerprint density at radius 2 is 1.96 bits per heavy atom. The molecule has 9 heteroatoms. The second-order valence-electron chi connectivity index (χ2n) is 5.84. The molecule has 0 aromatic carbocycles. The van der Waals surface area contributed by atoms with Crippen LogP contribution in [-0.4, -0.2) is 61.2 Å². The lowest BCUT2D eigenvalue weighted by Crippen LogP contribution is -2.48. The summed E-state index contributed by atoms with van der Waals surface area (Å²) in [6.07, 6.45) is 4.46. The Hall–Kier alpha value is -2.23. The number of amides is 1. The fraction of sp³-hybridized carbons (Fsp3) is 0.375. The molecule has 3 rings (SSSR count). The van der Waals surface area contributed by atoms with Crippen LogP contribution in [0.25, 0.3) is 0 Å². The van der Waals surface area contributed by atoms with Crippen LogP contribution in [0.3, 0.4) is 0 Å². The number of rotatable bonds is 6. The molecule has 2 N–H and O–H groups in total. The molecule has 1 amide bonds. The number of carbonyl (C=O) groups is 1. The Balaban J connectivity index is 1.56. The summed E-state index contributed by atoms with van der Waals surface area (Å²) in [4.78, 5) is 17.4. The highest BCUT2D eigenvalue weighted by Crippen LogP contribution is 2.20. The number of furan rings is 1. The minimum atomic E-state index is -3.74. The van der Waals surface area contributed by atoms with Gasteiger partial charge in [-0.25, -0.2) is 8.42 Å². The zero-order valence-corrected chi connectivity index (χ0v) is 14.5. The molecule has 25 heavy (non-hydrogen) atoms. The molecule has 1 aliphatic rings. The summed E-state index contributed by atoms with van der Waals surface area (Å²) >= 11 is 0. The standard InChI is InChI=1S/C16H20N4O4S/c17-16(21)14-3-4-15(24-14)25(22,23)20-10-8-19(9-11-20)7-5-13-2-1-6-18-12-13/h1-4,6,12H,5,7-11H2,(H2,17,21). The van der Waals surface area contributed by atoms with Gasteiger partial charge in [0, 0.05) is 45.1 Å². The Morgan fingerprint density at radius 1 is 1.20 bits per heavy atom. The topological polar surface area (TPSA) is 110 Å². The number of hydrogen-bond acceptors (Lipinski definition) is 6. The smallest absolute Gasteiger partial charge is 0.284 e. The average molecular weight is 364 g/mol. The molecule has 0 unspecified atom stereocenters. The second-order valence-corrected chi connectivity index (χ2v) is 7.71. The van der Waals surface area contributed by atoms with Gasteiger partial charge in [0.05, 0.1) is 0 Å². The zero-order valence-electron chi connectivity index (χ0n) is 13.7. The van der Waals surface area contributed by atoms with Crippen molar-refractivity contribution in [2.45, 2.75) is 11.5 Å². The van der Waals surface area contributed by atoms with Gasteiger partial charge in [0.1, 0.15) is 0 Å². The van der Waals surface area contributed by atoms with Gasteiger partial charge in [-0.05, 0) is 30.2 Å². The lowest BCUT2D eigenvalue weighted by molar-refractivity contribution is 0.0968. The number of pyridine rings is 1. The molecule has 1 fully saturated rings. The van der Waals surface area contributed by atoms with Gasteiger partial charge < -0.3 is 15.1 Å². The van der Waals surface area contributed by atoms with E-state index in [4.69, 9.17) is 10.2 Å². The number of sulfonamides is 1. The molecule has 0 saturated carbocycles. The molecule has 1 aliphatic heterocycles. The predicted octanol–water partition coefficient (Wildman–Crippen LogP) is 0.323. The Bertz CT molecular complexity index is 827. The van der Waals surface area contributed by atoms with E-state index in [0.717, 1.165) is 18.5 Å². The van der Waals surface area contributed by atoms with Crippen molar-refractivity contribution in [1.29, 1.82) is 0 Å². The van der Waals surface area contributed by atoms with Gasteiger partial charge in [-0.15, -0.1) is 0 Å². The Morgan fingerprint density at radius 3 is 2.56 bits per heavy atom. The Labute approximate surface area is 146 Å². The highest BCUT2D eigenvalue weighted by molar-refractivity contribution is 7.89. The molecule has 3 heterocycles. The van der Waals surface area contributed by atoms with Crippen LogP contribution in [0.2, 0.25) is 0 Å². The first-order valence-corrected chi connectivity index (χ1v) is 9.42. The first-order valence-electron chi connectivity index (χ1n) is 7.98. The minimum Gasteiger partial charge on any atom is -0.438 e. The van der Waals surface area contributed by atoms with Gasteiger partial charge in [-0.3, -0.25) is 9.78 Å². The molecule has 0 atom stereocenters. The van der Waals surface area contributed by atoms with Crippen LogP contribution >= 0.6 is 0 Å². The largest absolute Gasteiger partial charge is 0.438 e. The van der Waals surface area contributed by atoms with Gasteiger partial charge in [-0.1, -0.05) is 6.07 Å². The van der Waals surface area contributed by atoms with Crippen molar-refractivity contribution in [2.24, 2.45) is 5.73 Å². The van der Waals surface area contributed by atoms with Crippen LogP contribution in [0.15, 0.2) is 46.2 Å². The van der Waals surface area contributed by atoms with Gasteiger partial charge in [0.25, 0.3) is 15.9 Å². The van der Waals surface area contributed by atoms with E-state index in [1.807, 2.05) is 18.3 Å². The summed E-state index contributed by atoms with van der Waals surface area (Å²) in [5, 5.41) is -0.245. The summed E-state index contributed by atoms with van der Waals surface area (Å²) < 4.78 is 31.6. The molecular formula is C16H20N4O4S. The van der Waals surface area contributed by atoms with E-state index >= 15 is 0 Å². The van der Waals surface area contributed by atoms with Gasteiger partial charge in [-0.2, -0.15) is 4.31 Å². The first-order chi connectivity index (χ1) is 12.0. The summed E-state index contributed by atoms with van der Waals surface area (Å²) in [6, 6.07) is 6.48. The number of primary amides is 1. The van der Waals surface area contributed by atoms with Gasteiger partial charge >= 0.3 is 0 Å². The van der Waals surface area contributed by atoms with E-state index < -0.39 is 15.9 Å². The van der Waals surface area contributed by atoms with Crippen LogP contribution in [0.1, 0.15) is 16.1 Å². The monoisotopic (exact) mass is 364 g/mol. The molecule has 8 nitrogen and oxygen atoms in total. The molecule has 2 aromatic heterocycles. The average Bonchev–Trinajstić information content (AvgIpc) is 3.12. The summed E-state index contributed by atoms with van der Waals surface area (Å²) in [7, 11) is -3.74. The van der Waals surface area contributed by atoms with Crippen molar-refractivity contribution >= 4 is 15.9 Å². The molecular weight excluding hydrogens is 344 g/mol. The predicted molar refractivity (Wildman–Crippen MR) is 90.4 cm³/mol. The fourth-order valence-corrected chi connectivity index (χ4v) is 4.08. The van der Waals surface area contributed by atoms with E-state index in [1.54, 1.807) is 6.20 Å².